The molecule has 1 saturated heterocycles. The number of piperidine rings is 1. The van der Waals surface area contributed by atoms with E-state index < -0.39 is 0 Å². The average Bonchev–Trinajstić information content (AvgIpc) is 2.44. The molecular formula is C17H24N2O2. The Kier molecular flexibility index (Phi) is 4.66. The second kappa shape index (κ2) is 6.29. The Bertz CT molecular complexity index is 531. The lowest BCUT2D eigenvalue weighted by Gasteiger charge is -2.33. The minimum Gasteiger partial charge on any atom is -0.349 e. The third-order valence-corrected chi connectivity index (χ3v) is 3.97. The van der Waals surface area contributed by atoms with Gasteiger partial charge in [-0.25, -0.2) is 0 Å². The SMILES string of the molecule is Cc1cc(C)cc(C(=O)N2CCCC(C(=O)N(C)C)C2)c1. The van der Waals surface area contributed by atoms with Gasteiger partial charge >= 0.3 is 0 Å². The van der Waals surface area contributed by atoms with Gasteiger partial charge < -0.3 is 9.80 Å². The van der Waals surface area contributed by atoms with Crippen molar-refractivity contribution in [3.8, 4) is 0 Å². The molecule has 4 nitrogen and oxygen atoms in total. The Morgan fingerprint density at radius 1 is 1.14 bits per heavy atom. The van der Waals surface area contributed by atoms with Crippen LogP contribution in [-0.2, 0) is 4.79 Å². The Balaban J connectivity index is 2.13. The molecule has 1 fully saturated rings. The molecule has 0 saturated carbocycles. The number of benzene rings is 1. The first-order valence-electron chi connectivity index (χ1n) is 7.47. The highest BCUT2D eigenvalue weighted by Crippen LogP contribution is 2.21. The number of nitrogens with zero attached hydrogens (tertiary/aromatic N) is 2. The summed E-state index contributed by atoms with van der Waals surface area (Å²) in [5, 5.41) is 0. The number of rotatable bonds is 2. The van der Waals surface area contributed by atoms with Crippen LogP contribution in [0.5, 0.6) is 0 Å². The summed E-state index contributed by atoms with van der Waals surface area (Å²) < 4.78 is 0. The van der Waals surface area contributed by atoms with Crippen molar-refractivity contribution in [1.29, 1.82) is 0 Å². The van der Waals surface area contributed by atoms with Crippen LogP contribution in [0.25, 0.3) is 0 Å². The normalized spacial score (nSPS) is 18.5. The van der Waals surface area contributed by atoms with Crippen molar-refractivity contribution in [3.05, 3.63) is 34.9 Å². The lowest BCUT2D eigenvalue weighted by molar-refractivity contribution is -0.134. The molecule has 1 aliphatic rings. The van der Waals surface area contributed by atoms with Gasteiger partial charge in [0.2, 0.25) is 5.91 Å². The number of hydrogen-bond donors (Lipinski definition) is 0. The van der Waals surface area contributed by atoms with Crippen LogP contribution in [0.2, 0.25) is 0 Å². The molecule has 1 unspecified atom stereocenters. The highest BCUT2D eigenvalue weighted by atomic mass is 16.2. The zero-order valence-corrected chi connectivity index (χ0v) is 13.3. The molecular weight excluding hydrogens is 264 g/mol. The predicted octanol–water partition coefficient (Wildman–Crippen LogP) is 2.24. The van der Waals surface area contributed by atoms with Gasteiger partial charge in [0.15, 0.2) is 0 Å². The maximum Gasteiger partial charge on any atom is 0.253 e. The van der Waals surface area contributed by atoms with Gasteiger partial charge in [0, 0.05) is 32.7 Å². The minimum absolute atomic E-state index is 0.0399. The maximum atomic E-state index is 12.6. The molecule has 21 heavy (non-hydrogen) atoms. The molecule has 114 valence electrons. The first kappa shape index (κ1) is 15.5. The Morgan fingerprint density at radius 2 is 1.76 bits per heavy atom. The van der Waals surface area contributed by atoms with E-state index >= 15 is 0 Å². The third-order valence-electron chi connectivity index (χ3n) is 3.97. The predicted molar refractivity (Wildman–Crippen MR) is 83.2 cm³/mol. The first-order valence-corrected chi connectivity index (χ1v) is 7.47. The number of amides is 2. The van der Waals surface area contributed by atoms with Crippen LogP contribution in [0.4, 0.5) is 0 Å². The molecule has 2 amide bonds. The van der Waals surface area contributed by atoms with Crippen molar-refractivity contribution in [2.24, 2.45) is 5.92 Å². The zero-order chi connectivity index (χ0) is 15.6. The lowest BCUT2D eigenvalue weighted by atomic mass is 9.95. The van der Waals surface area contributed by atoms with E-state index in [1.54, 1.807) is 19.0 Å². The number of likely N-dealkylation sites (tertiary alicyclic amines) is 1. The fraction of sp³-hybridized carbons (Fsp3) is 0.529. The molecule has 1 aromatic rings. The first-order chi connectivity index (χ1) is 9.88. The van der Waals surface area contributed by atoms with Crippen LogP contribution in [0.15, 0.2) is 18.2 Å². The zero-order valence-electron chi connectivity index (χ0n) is 13.3. The topological polar surface area (TPSA) is 40.6 Å². The fourth-order valence-corrected chi connectivity index (χ4v) is 3.01. The van der Waals surface area contributed by atoms with Crippen molar-refractivity contribution in [2.75, 3.05) is 27.2 Å². The second-order valence-electron chi connectivity index (χ2n) is 6.20. The Hall–Kier alpha value is -1.84. The van der Waals surface area contributed by atoms with Gasteiger partial charge in [0.25, 0.3) is 5.91 Å². The third kappa shape index (κ3) is 3.63. The van der Waals surface area contributed by atoms with E-state index in [4.69, 9.17) is 0 Å². The summed E-state index contributed by atoms with van der Waals surface area (Å²) in [7, 11) is 3.54. The van der Waals surface area contributed by atoms with E-state index in [9.17, 15) is 9.59 Å². The summed E-state index contributed by atoms with van der Waals surface area (Å²) in [6.45, 7) is 5.27. The van der Waals surface area contributed by atoms with Crippen molar-refractivity contribution in [1.82, 2.24) is 9.80 Å². The van der Waals surface area contributed by atoms with Crippen LogP contribution in [0, 0.1) is 19.8 Å². The summed E-state index contributed by atoms with van der Waals surface area (Å²) in [5.41, 5.74) is 2.91. The standard InChI is InChI=1S/C17H24N2O2/c1-12-8-13(2)10-15(9-12)17(21)19-7-5-6-14(11-19)16(20)18(3)4/h8-10,14H,5-7,11H2,1-4H3. The highest BCUT2D eigenvalue weighted by Gasteiger charge is 2.29. The fourth-order valence-electron chi connectivity index (χ4n) is 3.01. The Morgan fingerprint density at radius 3 is 2.33 bits per heavy atom. The van der Waals surface area contributed by atoms with Crippen LogP contribution in [0.3, 0.4) is 0 Å². The number of hydrogen-bond acceptors (Lipinski definition) is 2. The molecule has 1 atom stereocenters. The largest absolute Gasteiger partial charge is 0.349 e. The molecule has 1 heterocycles. The van der Waals surface area contributed by atoms with Crippen LogP contribution in [-0.4, -0.2) is 48.8 Å². The molecule has 0 aliphatic carbocycles. The Labute approximate surface area is 126 Å². The van der Waals surface area contributed by atoms with E-state index in [0.717, 1.165) is 36.1 Å². The van der Waals surface area contributed by atoms with Gasteiger partial charge in [-0.15, -0.1) is 0 Å². The van der Waals surface area contributed by atoms with E-state index in [1.165, 1.54) is 0 Å². The lowest BCUT2D eigenvalue weighted by Crippen LogP contribution is -2.45. The van der Waals surface area contributed by atoms with Crippen LogP contribution >= 0.6 is 0 Å². The summed E-state index contributed by atoms with van der Waals surface area (Å²) in [4.78, 5) is 28.2. The van der Waals surface area contributed by atoms with Crippen molar-refractivity contribution in [3.63, 3.8) is 0 Å². The smallest absolute Gasteiger partial charge is 0.253 e. The van der Waals surface area contributed by atoms with E-state index in [1.807, 2.05) is 30.9 Å². The number of carbonyl (C=O) groups excluding carboxylic acids is 2. The van der Waals surface area contributed by atoms with Crippen molar-refractivity contribution >= 4 is 11.8 Å². The van der Waals surface area contributed by atoms with Gasteiger partial charge in [-0.05, 0) is 38.8 Å². The van der Waals surface area contributed by atoms with E-state index in [2.05, 4.69) is 6.07 Å². The average molecular weight is 288 g/mol. The summed E-state index contributed by atoms with van der Waals surface area (Å²) in [6.07, 6.45) is 1.76. The molecule has 0 N–H and O–H groups in total. The summed E-state index contributed by atoms with van der Waals surface area (Å²) in [6, 6.07) is 5.91. The maximum absolute atomic E-state index is 12.6. The van der Waals surface area contributed by atoms with Crippen LogP contribution in [0.1, 0.15) is 34.3 Å². The van der Waals surface area contributed by atoms with E-state index in [0.29, 0.717) is 6.54 Å². The van der Waals surface area contributed by atoms with Crippen molar-refractivity contribution < 1.29 is 9.59 Å². The minimum atomic E-state index is -0.0661. The number of aryl methyl sites for hydroxylation is 2. The van der Waals surface area contributed by atoms with Gasteiger partial charge in [-0.1, -0.05) is 17.2 Å². The van der Waals surface area contributed by atoms with Crippen molar-refractivity contribution in [2.45, 2.75) is 26.7 Å². The quantitative estimate of drug-likeness (QED) is 0.837. The van der Waals surface area contributed by atoms with Gasteiger partial charge in [0.1, 0.15) is 0 Å². The molecule has 0 aromatic heterocycles. The molecule has 4 heteroatoms. The molecule has 0 radical (unpaired) electrons. The molecule has 2 rings (SSSR count). The second-order valence-corrected chi connectivity index (χ2v) is 6.20. The van der Waals surface area contributed by atoms with Gasteiger partial charge in [0.05, 0.1) is 5.92 Å². The highest BCUT2D eigenvalue weighted by molar-refractivity contribution is 5.95. The molecule has 0 bridgehead atoms. The summed E-state index contributed by atoms with van der Waals surface area (Å²) >= 11 is 0. The van der Waals surface area contributed by atoms with Crippen LogP contribution < -0.4 is 0 Å². The van der Waals surface area contributed by atoms with Gasteiger partial charge in [-0.3, -0.25) is 9.59 Å². The monoisotopic (exact) mass is 288 g/mol. The van der Waals surface area contributed by atoms with Gasteiger partial charge in [-0.2, -0.15) is 0 Å². The summed E-state index contributed by atoms with van der Waals surface area (Å²) in [5.74, 6) is 0.0922. The molecule has 1 aliphatic heterocycles. The number of carbonyl (C=O) groups is 2. The molecule has 0 spiro atoms. The molecule has 1 aromatic carbocycles. The van der Waals surface area contributed by atoms with E-state index in [-0.39, 0.29) is 17.7 Å².